The zero-order chi connectivity index (χ0) is 21.9. The van der Waals surface area contributed by atoms with Crippen LogP contribution in [0, 0.1) is 29.6 Å². The Labute approximate surface area is 267 Å². The first-order chi connectivity index (χ1) is 14.7. The second kappa shape index (κ2) is 12.8. The summed E-state index contributed by atoms with van der Waals surface area (Å²) in [5, 5.41) is 10.9. The van der Waals surface area contributed by atoms with E-state index in [1.54, 1.807) is 0 Å². The molecule has 176 valence electrons. The van der Waals surface area contributed by atoms with Crippen molar-refractivity contribution >= 4 is 13.8 Å². The summed E-state index contributed by atoms with van der Waals surface area (Å²) in [7, 11) is -5.09. The molecule has 34 heavy (non-hydrogen) atoms. The van der Waals surface area contributed by atoms with Gasteiger partial charge >= 0.3 is 88.7 Å². The fourth-order valence-electron chi connectivity index (χ4n) is 7.66. The Hall–Kier alpha value is 2.46. The molecule has 5 saturated carbocycles. The van der Waals surface area contributed by atoms with Gasteiger partial charge in [-0.25, -0.2) is 4.89 Å². The van der Waals surface area contributed by atoms with Crippen LogP contribution in [-0.2, 0) is 28.4 Å². The van der Waals surface area contributed by atoms with E-state index in [0.29, 0.717) is 49.4 Å². The van der Waals surface area contributed by atoms with E-state index >= 15 is 0 Å². The Bertz CT molecular complexity index is 738. The molecule has 0 aromatic heterocycles. The molecule has 0 aromatic rings. The Balaban J connectivity index is 0.00000136. The van der Waals surface area contributed by atoms with Crippen LogP contribution in [0.4, 0.5) is 0 Å². The minimum absolute atomic E-state index is 0. The van der Waals surface area contributed by atoms with Crippen molar-refractivity contribution in [3.63, 3.8) is 0 Å². The van der Waals surface area contributed by atoms with Crippen molar-refractivity contribution in [3.05, 3.63) is 0 Å². The van der Waals surface area contributed by atoms with E-state index in [-0.39, 0.29) is 108 Å². The van der Waals surface area contributed by atoms with Crippen LogP contribution in [0.5, 0.6) is 0 Å². The number of phosphoric acid groups is 1. The number of carboxylic acid groups (broad SMARTS) is 1. The maximum Gasteiger partial charge on any atom is 1.00 e. The summed E-state index contributed by atoms with van der Waals surface area (Å²) >= 11 is 0. The topological polar surface area (TPSA) is 140 Å². The zero-order valence-electron chi connectivity index (χ0n) is 20.6. The normalized spacial score (nSPS) is 42.2. The van der Waals surface area contributed by atoms with Crippen molar-refractivity contribution in [1.82, 2.24) is 0 Å². The Kier molecular flexibility index (Phi) is 12.3. The zero-order valence-corrected chi connectivity index (χ0v) is 27.5. The molecule has 1 heterocycles. The molecule has 6 aliphatic rings. The molecule has 6 fully saturated rings. The number of rotatable bonds is 8. The van der Waals surface area contributed by atoms with Crippen molar-refractivity contribution in [2.24, 2.45) is 29.6 Å². The maximum absolute atomic E-state index is 11.2. The number of carboxylic acids is 1. The predicted molar refractivity (Wildman–Crippen MR) is 99.3 cm³/mol. The van der Waals surface area contributed by atoms with E-state index < -0.39 is 31.3 Å². The van der Waals surface area contributed by atoms with Crippen molar-refractivity contribution < 1.29 is 132 Å². The quantitative estimate of drug-likeness (QED) is 0.131. The van der Waals surface area contributed by atoms with Crippen LogP contribution in [0.2, 0.25) is 0 Å². The molecule has 1 saturated heterocycles. The summed E-state index contributed by atoms with van der Waals surface area (Å²) in [5.74, 6) is -0.327. The standard InChI is InChI=1S/C21H33O9P.3Na/c22-19(23)5-2-6-27-21(15-3-1-4-18(12-15)28-31(24,25)26)20(29-30-21)16-8-13-7-14(10-16)11-17(20)9-13;;;/h13-18H,1-12H2,(H,22,23)(H2,24,25,26);;;/q;3*+1/p-3. The molecule has 0 N–H and O–H groups in total. The van der Waals surface area contributed by atoms with Crippen LogP contribution in [0.15, 0.2) is 0 Å². The minimum atomic E-state index is -5.09. The molecule has 3 atom stereocenters. The van der Waals surface area contributed by atoms with Crippen LogP contribution >= 0.6 is 7.82 Å². The van der Waals surface area contributed by atoms with E-state index in [1.165, 1.54) is 6.42 Å². The first kappa shape index (κ1) is 32.7. The maximum atomic E-state index is 11.2. The Morgan fingerprint density at radius 3 is 2.03 bits per heavy atom. The van der Waals surface area contributed by atoms with Gasteiger partial charge in [0.2, 0.25) is 5.79 Å². The largest absolute Gasteiger partial charge is 1.00 e. The molecule has 0 aromatic carbocycles. The smallest absolute Gasteiger partial charge is 0.790 e. The molecular weight excluding hydrogens is 496 g/mol. The number of aliphatic carboxylic acids is 1. The molecular formula is C21H30Na3O9P. The summed E-state index contributed by atoms with van der Waals surface area (Å²) in [6.07, 6.45) is 7.36. The Morgan fingerprint density at radius 1 is 0.912 bits per heavy atom. The third kappa shape index (κ3) is 6.11. The molecule has 5 aliphatic carbocycles. The van der Waals surface area contributed by atoms with Gasteiger partial charge in [-0.3, -0.25) is 0 Å². The van der Waals surface area contributed by atoms with Crippen molar-refractivity contribution in [1.29, 1.82) is 0 Å². The third-order valence-corrected chi connectivity index (χ3v) is 9.04. The Morgan fingerprint density at radius 2 is 1.53 bits per heavy atom. The summed E-state index contributed by atoms with van der Waals surface area (Å²) < 4.78 is 22.4. The van der Waals surface area contributed by atoms with E-state index in [4.69, 9.17) is 19.0 Å². The van der Waals surface area contributed by atoms with Crippen LogP contribution in [0.25, 0.3) is 0 Å². The van der Waals surface area contributed by atoms with Gasteiger partial charge in [-0.15, -0.1) is 0 Å². The van der Waals surface area contributed by atoms with Gasteiger partial charge < -0.3 is 33.5 Å². The SMILES string of the molecule is O=C([O-])CCCOC1(C2CCCC(OP(=O)([O-])[O-])C2)OOC12C1CC3CC(C1)CC2C3.[Na+].[Na+].[Na+]. The fraction of sp³-hybridized carbons (Fsp3) is 0.952. The second-order valence-corrected chi connectivity index (χ2v) is 11.4. The van der Waals surface area contributed by atoms with Gasteiger partial charge in [-0.1, -0.05) is 6.42 Å². The fourth-order valence-corrected chi connectivity index (χ4v) is 8.22. The van der Waals surface area contributed by atoms with Gasteiger partial charge in [0.25, 0.3) is 0 Å². The van der Waals surface area contributed by atoms with Gasteiger partial charge in [0.1, 0.15) is 0 Å². The minimum Gasteiger partial charge on any atom is -0.790 e. The summed E-state index contributed by atoms with van der Waals surface area (Å²) in [6, 6.07) is 0. The van der Waals surface area contributed by atoms with Crippen LogP contribution < -0.4 is 104 Å². The van der Waals surface area contributed by atoms with Gasteiger partial charge in [0, 0.05) is 11.9 Å². The predicted octanol–water partition coefficient (Wildman–Crippen LogP) is -8.20. The average Bonchev–Trinajstić information content (AvgIpc) is 2.65. The number of hydrogen-bond donors (Lipinski definition) is 0. The van der Waals surface area contributed by atoms with Gasteiger partial charge in [0.15, 0.2) is 5.60 Å². The first-order valence-electron chi connectivity index (χ1n) is 11.6. The molecule has 4 bridgehead atoms. The first-order valence-corrected chi connectivity index (χ1v) is 13.1. The van der Waals surface area contributed by atoms with E-state index in [9.17, 15) is 24.3 Å². The van der Waals surface area contributed by atoms with E-state index in [1.807, 2.05) is 0 Å². The number of carbonyl (C=O) groups is 1. The summed E-state index contributed by atoms with van der Waals surface area (Å²) in [6.45, 7) is 0.189. The molecule has 0 amide bonds. The molecule has 1 spiro atoms. The molecule has 9 nitrogen and oxygen atoms in total. The number of hydrogen-bond acceptors (Lipinski definition) is 9. The number of phosphoric ester groups is 1. The van der Waals surface area contributed by atoms with Gasteiger partial charge in [0.05, 0.1) is 20.5 Å². The number of ether oxygens (including phenoxy) is 1. The third-order valence-electron chi connectivity index (χ3n) is 8.48. The van der Waals surface area contributed by atoms with Crippen molar-refractivity contribution in [3.8, 4) is 0 Å². The number of carbonyl (C=O) groups excluding carboxylic acids is 1. The monoisotopic (exact) mass is 526 g/mol. The molecule has 6 rings (SSSR count). The van der Waals surface area contributed by atoms with Crippen LogP contribution in [-0.4, -0.2) is 30.1 Å². The molecule has 3 unspecified atom stereocenters. The molecule has 0 radical (unpaired) electrons. The van der Waals surface area contributed by atoms with E-state index in [2.05, 4.69) is 0 Å². The van der Waals surface area contributed by atoms with Gasteiger partial charge in [-0.05, 0) is 87.9 Å². The summed E-state index contributed by atoms with van der Waals surface area (Å²) in [5.41, 5.74) is -0.590. The van der Waals surface area contributed by atoms with Crippen LogP contribution in [0.3, 0.4) is 0 Å². The van der Waals surface area contributed by atoms with Gasteiger partial charge in [-0.2, -0.15) is 4.89 Å². The van der Waals surface area contributed by atoms with Crippen LogP contribution in [0.1, 0.15) is 70.6 Å². The molecule has 1 aliphatic heterocycles. The second-order valence-electron chi connectivity index (χ2n) is 10.3. The average molecular weight is 526 g/mol. The van der Waals surface area contributed by atoms with Crippen molar-refractivity contribution in [2.75, 3.05) is 6.61 Å². The molecule has 13 heteroatoms. The summed E-state index contributed by atoms with van der Waals surface area (Å²) in [4.78, 5) is 45.1. The van der Waals surface area contributed by atoms with Crippen molar-refractivity contribution in [2.45, 2.75) is 88.1 Å². The van der Waals surface area contributed by atoms with E-state index in [0.717, 1.165) is 32.1 Å².